The van der Waals surface area contributed by atoms with Gasteiger partial charge in [-0.15, -0.1) is 0 Å². The molecule has 0 aromatic rings. The zero-order valence-corrected chi connectivity index (χ0v) is 22.6. The van der Waals surface area contributed by atoms with Gasteiger partial charge in [-0.25, -0.2) is 0 Å². The molecule has 0 spiro atoms. The third-order valence-corrected chi connectivity index (χ3v) is 9.47. The summed E-state index contributed by atoms with van der Waals surface area (Å²) in [5.74, 6) is -0.475. The quantitative estimate of drug-likeness (QED) is 0.236. The van der Waals surface area contributed by atoms with E-state index < -0.39 is 17.1 Å². The average Bonchev–Trinajstić information content (AvgIpc) is 3.77. The Balaban J connectivity index is 1.49. The number of hydrogen-bond acceptors (Lipinski definition) is 7. The Labute approximate surface area is 210 Å². The first-order valence-corrected chi connectivity index (χ1v) is 13.3. The number of carbonyl (C=O) groups excluding carboxylic acids is 2. The molecular formula is C28H44O7. The lowest BCUT2D eigenvalue weighted by atomic mass is 9.56. The van der Waals surface area contributed by atoms with E-state index in [1.807, 2.05) is 6.92 Å². The van der Waals surface area contributed by atoms with Crippen LogP contribution in [-0.2, 0) is 33.3 Å². The van der Waals surface area contributed by atoms with Gasteiger partial charge < -0.3 is 23.7 Å². The van der Waals surface area contributed by atoms with Gasteiger partial charge in [0.25, 0.3) is 0 Å². The van der Waals surface area contributed by atoms with Crippen molar-refractivity contribution in [2.24, 2.45) is 23.2 Å². The molecule has 7 atom stereocenters. The molecule has 3 aliphatic carbocycles. The second-order valence-electron chi connectivity index (χ2n) is 11.8. The number of hydrogen-bond donors (Lipinski definition) is 0. The summed E-state index contributed by atoms with van der Waals surface area (Å²) >= 11 is 0. The van der Waals surface area contributed by atoms with Gasteiger partial charge in [0.1, 0.15) is 17.8 Å². The van der Waals surface area contributed by atoms with Crippen LogP contribution in [0.3, 0.4) is 0 Å². The summed E-state index contributed by atoms with van der Waals surface area (Å²) in [6, 6.07) is 0. The largest absolute Gasteiger partial charge is 0.469 e. The molecule has 198 valence electrons. The molecule has 0 radical (unpaired) electrons. The fourth-order valence-electron chi connectivity index (χ4n) is 7.12. The Morgan fingerprint density at radius 1 is 1.17 bits per heavy atom. The van der Waals surface area contributed by atoms with Crippen LogP contribution in [0.1, 0.15) is 79.6 Å². The van der Waals surface area contributed by atoms with Crippen molar-refractivity contribution in [1.29, 1.82) is 0 Å². The Morgan fingerprint density at radius 2 is 1.83 bits per heavy atom. The SMILES string of the molecule is CC[C@@]1([C@H]([C@H](OC)[C@@H](C)OC(=O)C2CC3(C(=O)OC)CCC2CC3)C2(C)O[C@@H]2CC=C(C)C)CO1. The normalized spacial score (nSPS) is 39.8. The summed E-state index contributed by atoms with van der Waals surface area (Å²) in [6.45, 7) is 11.0. The van der Waals surface area contributed by atoms with Gasteiger partial charge in [0.2, 0.25) is 0 Å². The number of rotatable bonds is 11. The number of methoxy groups -OCH3 is 2. The highest BCUT2D eigenvalue weighted by atomic mass is 16.6. The summed E-state index contributed by atoms with van der Waals surface area (Å²) in [5.41, 5.74) is -0.00137. The van der Waals surface area contributed by atoms with E-state index in [0.29, 0.717) is 13.0 Å². The molecule has 2 saturated heterocycles. The Bertz CT molecular complexity index is 834. The minimum Gasteiger partial charge on any atom is -0.469 e. The predicted octanol–water partition coefficient (Wildman–Crippen LogP) is 4.61. The number of fused-ring (bicyclic) bond motifs is 3. The summed E-state index contributed by atoms with van der Waals surface area (Å²) in [5, 5.41) is 0. The lowest BCUT2D eigenvalue weighted by Gasteiger charge is -2.48. The molecule has 7 heteroatoms. The molecule has 0 aromatic carbocycles. The van der Waals surface area contributed by atoms with E-state index in [4.69, 9.17) is 23.7 Å². The van der Waals surface area contributed by atoms with Crippen molar-refractivity contribution in [3.63, 3.8) is 0 Å². The average molecular weight is 493 g/mol. The monoisotopic (exact) mass is 492 g/mol. The van der Waals surface area contributed by atoms with Crippen LogP contribution < -0.4 is 0 Å². The van der Waals surface area contributed by atoms with Crippen LogP contribution in [0.5, 0.6) is 0 Å². The fraction of sp³-hybridized carbons (Fsp3) is 0.857. The summed E-state index contributed by atoms with van der Waals surface area (Å²) in [7, 11) is 3.12. The van der Waals surface area contributed by atoms with Crippen LogP contribution in [-0.4, -0.2) is 62.3 Å². The van der Waals surface area contributed by atoms with Crippen molar-refractivity contribution in [3.05, 3.63) is 11.6 Å². The van der Waals surface area contributed by atoms with Gasteiger partial charge in [0.15, 0.2) is 0 Å². The van der Waals surface area contributed by atoms with Crippen molar-refractivity contribution in [3.8, 4) is 0 Å². The van der Waals surface area contributed by atoms with Crippen LogP contribution in [0.4, 0.5) is 0 Å². The molecule has 2 heterocycles. The van der Waals surface area contributed by atoms with Crippen LogP contribution in [0.15, 0.2) is 11.6 Å². The van der Waals surface area contributed by atoms with Crippen molar-refractivity contribution in [1.82, 2.24) is 0 Å². The van der Waals surface area contributed by atoms with Crippen molar-refractivity contribution >= 4 is 11.9 Å². The van der Waals surface area contributed by atoms with E-state index in [-0.39, 0.29) is 47.5 Å². The van der Waals surface area contributed by atoms with E-state index in [1.54, 1.807) is 7.11 Å². The lowest BCUT2D eigenvalue weighted by Crippen LogP contribution is -2.52. The molecule has 0 amide bonds. The minimum atomic E-state index is -0.540. The first-order chi connectivity index (χ1) is 16.6. The molecule has 5 fully saturated rings. The van der Waals surface area contributed by atoms with Gasteiger partial charge in [0, 0.05) is 7.11 Å². The highest BCUT2D eigenvalue weighted by Gasteiger charge is 2.70. The fourth-order valence-corrected chi connectivity index (χ4v) is 7.12. The summed E-state index contributed by atoms with van der Waals surface area (Å²) < 4.78 is 29.6. The van der Waals surface area contributed by atoms with Crippen LogP contribution >= 0.6 is 0 Å². The van der Waals surface area contributed by atoms with Crippen molar-refractivity contribution in [2.45, 2.75) is 109 Å². The minimum absolute atomic E-state index is 0.0624. The highest BCUT2D eigenvalue weighted by Crippen LogP contribution is 2.57. The van der Waals surface area contributed by atoms with E-state index in [1.165, 1.54) is 12.7 Å². The second kappa shape index (κ2) is 9.79. The highest BCUT2D eigenvalue weighted by molar-refractivity contribution is 5.80. The number of allylic oxidation sites excluding steroid dienone is 1. The van der Waals surface area contributed by atoms with E-state index in [2.05, 4.69) is 33.8 Å². The zero-order chi connectivity index (χ0) is 25.6. The van der Waals surface area contributed by atoms with Gasteiger partial charge in [-0.3, -0.25) is 9.59 Å². The van der Waals surface area contributed by atoms with Gasteiger partial charge in [-0.2, -0.15) is 0 Å². The molecule has 0 N–H and O–H groups in total. The number of carbonyl (C=O) groups is 2. The topological polar surface area (TPSA) is 86.9 Å². The number of esters is 2. The summed E-state index contributed by atoms with van der Waals surface area (Å²) in [4.78, 5) is 26.0. The number of ether oxygens (including phenoxy) is 5. The third-order valence-electron chi connectivity index (χ3n) is 9.47. The Hall–Kier alpha value is -1.44. The third kappa shape index (κ3) is 4.80. The van der Waals surface area contributed by atoms with Crippen LogP contribution in [0, 0.1) is 23.2 Å². The molecular weight excluding hydrogens is 448 g/mol. The lowest BCUT2D eigenvalue weighted by molar-refractivity contribution is -0.179. The molecule has 2 aliphatic heterocycles. The smallest absolute Gasteiger partial charge is 0.311 e. The van der Waals surface area contributed by atoms with Crippen molar-refractivity contribution in [2.75, 3.05) is 20.8 Å². The first kappa shape index (κ1) is 26.6. The molecule has 5 aliphatic rings. The molecule has 5 rings (SSSR count). The van der Waals surface area contributed by atoms with Gasteiger partial charge in [-0.05, 0) is 78.6 Å². The predicted molar refractivity (Wildman–Crippen MR) is 131 cm³/mol. The van der Waals surface area contributed by atoms with E-state index in [0.717, 1.165) is 38.5 Å². The van der Waals surface area contributed by atoms with E-state index >= 15 is 0 Å². The van der Waals surface area contributed by atoms with Gasteiger partial charge >= 0.3 is 11.9 Å². The molecule has 3 saturated carbocycles. The number of epoxide rings is 2. The maximum atomic E-state index is 13.4. The molecule has 2 bridgehead atoms. The van der Waals surface area contributed by atoms with Crippen LogP contribution in [0.25, 0.3) is 0 Å². The zero-order valence-electron chi connectivity index (χ0n) is 22.6. The van der Waals surface area contributed by atoms with E-state index in [9.17, 15) is 9.59 Å². The summed E-state index contributed by atoms with van der Waals surface area (Å²) in [6.07, 6.45) is 7.00. The standard InChI is InChI=1S/C28H44O7/c1-8-28(16-33-28)23(26(5)21(35-26)10-9-17(2)3)22(31-6)18(4)34-24(29)20-15-27(25(30)32-7)13-11-19(20)12-14-27/h9,18-23H,8,10-16H2,1-7H3/t18-,19?,20?,21-,22-,23-,26?,27?,28+/m1/s1. The van der Waals surface area contributed by atoms with Gasteiger partial charge in [-0.1, -0.05) is 18.6 Å². The maximum Gasteiger partial charge on any atom is 0.311 e. The first-order valence-electron chi connectivity index (χ1n) is 13.3. The maximum absolute atomic E-state index is 13.4. The Kier molecular flexibility index (Phi) is 7.44. The van der Waals surface area contributed by atoms with Crippen molar-refractivity contribution < 1.29 is 33.3 Å². The van der Waals surface area contributed by atoms with Gasteiger partial charge in [0.05, 0.1) is 42.7 Å². The molecule has 0 aromatic heterocycles. The molecule has 2 unspecified atom stereocenters. The Morgan fingerprint density at radius 3 is 2.34 bits per heavy atom. The molecule has 35 heavy (non-hydrogen) atoms. The second-order valence-corrected chi connectivity index (χ2v) is 11.8. The molecule has 7 nitrogen and oxygen atoms in total. The van der Waals surface area contributed by atoms with Crippen LogP contribution in [0.2, 0.25) is 0 Å².